The quantitative estimate of drug-likeness (QED) is 0.222. The predicted molar refractivity (Wildman–Crippen MR) is 160 cm³/mol. The molecule has 0 radical (unpaired) electrons. The summed E-state index contributed by atoms with van der Waals surface area (Å²) in [5.74, 6) is 0.0549. The molecular weight excluding hydrogens is 619 g/mol. The fraction of sp³-hybridized carbons (Fsp3) is 0.296. The summed E-state index contributed by atoms with van der Waals surface area (Å²) >= 11 is 4.63. The van der Waals surface area contributed by atoms with Crippen LogP contribution in [-0.4, -0.2) is 54.0 Å². The second kappa shape index (κ2) is 11.6. The normalized spacial score (nSPS) is 23.9. The highest BCUT2D eigenvalue weighted by Crippen LogP contribution is 2.46. The molecule has 1 aromatic carbocycles. The lowest BCUT2D eigenvalue weighted by Crippen LogP contribution is -2.49. The van der Waals surface area contributed by atoms with Gasteiger partial charge in [-0.1, -0.05) is 42.5 Å². The number of sulfone groups is 1. The van der Waals surface area contributed by atoms with Crippen LogP contribution in [0.1, 0.15) is 16.1 Å². The van der Waals surface area contributed by atoms with Crippen LogP contribution in [0.15, 0.2) is 76.8 Å². The predicted octanol–water partition coefficient (Wildman–Crippen LogP) is 4.05. The van der Waals surface area contributed by atoms with E-state index in [2.05, 4.69) is 41.5 Å². The molecule has 2 aromatic heterocycles. The van der Waals surface area contributed by atoms with Crippen LogP contribution in [0.3, 0.4) is 0 Å². The van der Waals surface area contributed by atoms with Crippen molar-refractivity contribution in [3.05, 3.63) is 87.9 Å². The van der Waals surface area contributed by atoms with Crippen molar-refractivity contribution in [2.24, 2.45) is 10.7 Å². The maximum atomic E-state index is 15.8. The van der Waals surface area contributed by atoms with Crippen LogP contribution in [0.5, 0.6) is 0 Å². The number of halogens is 2. The van der Waals surface area contributed by atoms with E-state index in [-0.39, 0.29) is 12.4 Å². The van der Waals surface area contributed by atoms with Gasteiger partial charge < -0.3 is 15.4 Å². The van der Waals surface area contributed by atoms with Gasteiger partial charge in [-0.05, 0) is 33.6 Å². The van der Waals surface area contributed by atoms with Crippen molar-refractivity contribution in [2.45, 2.75) is 29.5 Å². The molecule has 0 bridgehead atoms. The molecule has 2 aliphatic rings. The number of hydrogen-bond acceptors (Lipinski definition) is 10. The molecule has 3 aromatic rings. The number of aliphatic imine (C=N–C) groups is 1. The highest BCUT2D eigenvalue weighted by atomic mass is 79.9. The van der Waals surface area contributed by atoms with E-state index in [1.165, 1.54) is 30.0 Å². The zero-order chi connectivity index (χ0) is 28.4. The summed E-state index contributed by atoms with van der Waals surface area (Å²) in [5, 5.41) is 8.84. The molecule has 3 heterocycles. The molecule has 4 N–H and O–H groups in total. The molecular formula is C27H28BrFN6O3S2. The Labute approximate surface area is 244 Å². The molecule has 1 aliphatic carbocycles. The largest absolute Gasteiger partial charge is 0.364 e. The molecule has 0 spiro atoms. The number of anilines is 1. The van der Waals surface area contributed by atoms with Crippen LogP contribution in [-0.2, 0) is 33.4 Å². The Bertz CT molecular complexity index is 1580. The lowest BCUT2D eigenvalue weighted by atomic mass is 9.83. The van der Waals surface area contributed by atoms with Crippen molar-refractivity contribution in [3.63, 3.8) is 0 Å². The molecule has 210 valence electrons. The van der Waals surface area contributed by atoms with Crippen LogP contribution in [0.25, 0.3) is 11.4 Å². The van der Waals surface area contributed by atoms with Crippen molar-refractivity contribution >= 4 is 49.1 Å². The van der Waals surface area contributed by atoms with Crippen molar-refractivity contribution < 1.29 is 17.5 Å². The van der Waals surface area contributed by atoms with Crippen molar-refractivity contribution in [1.29, 1.82) is 0 Å². The van der Waals surface area contributed by atoms with E-state index < -0.39 is 26.2 Å². The van der Waals surface area contributed by atoms with E-state index in [0.29, 0.717) is 41.3 Å². The van der Waals surface area contributed by atoms with Gasteiger partial charge in [0.2, 0.25) is 4.58 Å². The summed E-state index contributed by atoms with van der Waals surface area (Å²) in [5.41, 5.74) is 9.32. The van der Waals surface area contributed by atoms with Crippen LogP contribution >= 0.6 is 27.3 Å². The zero-order valence-electron chi connectivity index (χ0n) is 21.6. The van der Waals surface area contributed by atoms with Gasteiger partial charge in [0, 0.05) is 35.9 Å². The Morgan fingerprint density at radius 1 is 1.27 bits per heavy atom. The van der Waals surface area contributed by atoms with Gasteiger partial charge >= 0.3 is 0 Å². The third-order valence-electron chi connectivity index (χ3n) is 6.47. The number of nitrogens with zero attached hydrogens (tertiary/aromatic N) is 3. The summed E-state index contributed by atoms with van der Waals surface area (Å²) in [4.78, 5) is 13.8. The molecule has 13 heteroatoms. The fourth-order valence-corrected chi connectivity index (χ4v) is 6.24. The Balaban J connectivity index is 1.41. The fourth-order valence-electron chi connectivity index (χ4n) is 4.44. The second-order valence-electron chi connectivity index (χ2n) is 9.55. The lowest BCUT2D eigenvalue weighted by molar-refractivity contribution is 0.00692. The third kappa shape index (κ3) is 6.40. The number of rotatable bonds is 10. The number of benzene rings is 1. The van der Waals surface area contributed by atoms with Crippen LogP contribution in [0, 0.1) is 0 Å². The Kier molecular flexibility index (Phi) is 8.32. The van der Waals surface area contributed by atoms with E-state index in [1.54, 1.807) is 24.4 Å². The first-order chi connectivity index (χ1) is 19.1. The summed E-state index contributed by atoms with van der Waals surface area (Å²) < 4.78 is 42.6. The van der Waals surface area contributed by atoms with Gasteiger partial charge in [-0.2, -0.15) is 0 Å². The average molecular weight is 648 g/mol. The first-order valence-electron chi connectivity index (χ1n) is 12.4. The minimum Gasteiger partial charge on any atom is -0.364 e. The van der Waals surface area contributed by atoms with Gasteiger partial charge in [-0.15, -0.1) is 11.3 Å². The zero-order valence-corrected chi connectivity index (χ0v) is 24.8. The molecule has 0 saturated carbocycles. The molecule has 0 fully saturated rings. The Hall–Kier alpha value is -2.81. The molecule has 0 saturated heterocycles. The van der Waals surface area contributed by atoms with Crippen LogP contribution < -0.4 is 16.4 Å². The average Bonchev–Trinajstić information content (AvgIpc) is 3.39. The van der Waals surface area contributed by atoms with Gasteiger partial charge in [0.1, 0.15) is 20.9 Å². The lowest BCUT2D eigenvalue weighted by Gasteiger charge is -2.40. The molecule has 3 unspecified atom stereocenters. The standard InChI is InChI=1S/C27H28BrFN6O3S2/c1-40(36,37)11-10-31-14-24-35-23(16-39-24)21-12-20-22(13-32-21)33-17-34-27(20,30)19-8-5-9-26(28,29)25(19)38-15-18-6-3-2-4-7-18/h2-9,12-13,16-17,25,31H,10-11,14-15,30H2,1H3,(H,33,34). The topological polar surface area (TPSA) is 132 Å². The third-order valence-corrected chi connectivity index (χ3v) is 8.94. The van der Waals surface area contributed by atoms with E-state index in [0.717, 1.165) is 10.6 Å². The van der Waals surface area contributed by atoms with Gasteiger partial charge in [0.25, 0.3) is 0 Å². The maximum Gasteiger partial charge on any atom is 0.213 e. The smallest absolute Gasteiger partial charge is 0.213 e. The number of fused-ring (bicyclic) bond motifs is 1. The van der Waals surface area contributed by atoms with Crippen molar-refractivity contribution in [2.75, 3.05) is 23.9 Å². The van der Waals surface area contributed by atoms with E-state index in [1.807, 2.05) is 35.7 Å². The number of alkyl halides is 2. The number of thiazole rings is 1. The monoisotopic (exact) mass is 646 g/mol. The van der Waals surface area contributed by atoms with Gasteiger partial charge in [-0.25, -0.2) is 22.8 Å². The number of hydrogen-bond donors (Lipinski definition) is 3. The van der Waals surface area contributed by atoms with Crippen LogP contribution in [0.4, 0.5) is 10.1 Å². The first-order valence-corrected chi connectivity index (χ1v) is 16.1. The molecule has 40 heavy (non-hydrogen) atoms. The molecule has 9 nitrogen and oxygen atoms in total. The number of allylic oxidation sites excluding steroid dienone is 2. The van der Waals surface area contributed by atoms with Gasteiger partial charge in [0.05, 0.1) is 42.0 Å². The molecule has 1 aliphatic heterocycles. The number of aromatic nitrogens is 2. The number of pyridine rings is 1. The Morgan fingerprint density at radius 2 is 2.08 bits per heavy atom. The molecule has 5 rings (SSSR count). The Morgan fingerprint density at radius 3 is 2.85 bits per heavy atom. The first kappa shape index (κ1) is 28.7. The number of ether oxygens (including phenoxy) is 1. The minimum atomic E-state index is -3.04. The minimum absolute atomic E-state index is 0.0549. The SMILES string of the molecule is CS(=O)(=O)CCNCc1nc(-c2cc3c(cn2)NC=NC3(N)C2=CC=CC(F)(Br)C2OCc2ccccc2)cs1. The maximum absolute atomic E-state index is 15.8. The van der Waals surface area contributed by atoms with E-state index in [9.17, 15) is 8.42 Å². The van der Waals surface area contributed by atoms with Gasteiger partial charge in [-0.3, -0.25) is 10.7 Å². The molecule has 0 amide bonds. The highest BCUT2D eigenvalue weighted by Gasteiger charge is 2.48. The summed E-state index contributed by atoms with van der Waals surface area (Å²) in [6.07, 6.45) is 8.00. The van der Waals surface area contributed by atoms with E-state index >= 15 is 4.39 Å². The summed E-state index contributed by atoms with van der Waals surface area (Å²) in [6, 6.07) is 11.3. The van der Waals surface area contributed by atoms with Crippen molar-refractivity contribution in [3.8, 4) is 11.4 Å². The van der Waals surface area contributed by atoms with Crippen molar-refractivity contribution in [1.82, 2.24) is 15.3 Å². The number of nitrogens with one attached hydrogen (secondary N) is 2. The van der Waals surface area contributed by atoms with Crippen LogP contribution in [0.2, 0.25) is 0 Å². The molecule has 3 atom stereocenters. The van der Waals surface area contributed by atoms with E-state index in [4.69, 9.17) is 10.5 Å². The van der Waals surface area contributed by atoms with Gasteiger partial charge in [0.15, 0.2) is 5.66 Å². The summed E-state index contributed by atoms with van der Waals surface area (Å²) in [6.45, 7) is 0.951. The highest BCUT2D eigenvalue weighted by molar-refractivity contribution is 9.10. The number of nitrogens with two attached hydrogens (primary N) is 1. The second-order valence-corrected chi connectivity index (χ2v) is 14.0. The summed E-state index contributed by atoms with van der Waals surface area (Å²) in [7, 11) is -3.04.